The number of nitrogens with zero attached hydrogens (tertiary/aromatic N) is 1. The second-order valence-electron chi connectivity index (χ2n) is 5.91. The molecule has 2 unspecified atom stereocenters. The van der Waals surface area contributed by atoms with Gasteiger partial charge in [-0.05, 0) is 43.5 Å². The summed E-state index contributed by atoms with van der Waals surface area (Å²) >= 11 is 0. The molecule has 1 aliphatic heterocycles. The molecule has 2 N–H and O–H groups in total. The number of hydrogen-bond donors (Lipinski definition) is 1. The summed E-state index contributed by atoms with van der Waals surface area (Å²) < 4.78 is 47.1. The van der Waals surface area contributed by atoms with Crippen LogP contribution in [0.3, 0.4) is 0 Å². The van der Waals surface area contributed by atoms with E-state index >= 15 is 0 Å². The van der Waals surface area contributed by atoms with Crippen LogP contribution in [-0.2, 0) is 15.6 Å². The summed E-state index contributed by atoms with van der Waals surface area (Å²) in [6.07, 6.45) is 0.854. The first-order valence-corrected chi connectivity index (χ1v) is 9.06. The Morgan fingerprint density at radius 3 is 2.38 bits per heavy atom. The third kappa shape index (κ3) is 4.64. The van der Waals surface area contributed by atoms with Crippen LogP contribution in [0.4, 0.5) is 8.78 Å². The second kappa shape index (κ2) is 8.22. The minimum absolute atomic E-state index is 0. The molecule has 0 aromatic heterocycles. The van der Waals surface area contributed by atoms with Crippen LogP contribution in [0.15, 0.2) is 24.3 Å². The highest BCUT2D eigenvalue weighted by Crippen LogP contribution is 2.24. The predicted octanol–water partition coefficient (Wildman–Crippen LogP) is 2.06. The second-order valence-corrected chi connectivity index (χ2v) is 7.88. The van der Waals surface area contributed by atoms with Crippen molar-refractivity contribution in [3.8, 4) is 0 Å². The van der Waals surface area contributed by atoms with E-state index in [1.807, 2.05) is 6.92 Å². The van der Waals surface area contributed by atoms with Gasteiger partial charge in [-0.2, -0.15) is 8.78 Å². The highest BCUT2D eigenvalue weighted by Gasteiger charge is 2.32. The number of hydrogen-bond acceptors (Lipinski definition) is 4. The van der Waals surface area contributed by atoms with Crippen molar-refractivity contribution in [2.75, 3.05) is 13.1 Å². The van der Waals surface area contributed by atoms with E-state index in [4.69, 9.17) is 5.73 Å². The van der Waals surface area contributed by atoms with Crippen LogP contribution in [0.25, 0.3) is 0 Å². The highest BCUT2D eigenvalue weighted by atomic mass is 35.5. The van der Waals surface area contributed by atoms with Crippen LogP contribution in [-0.4, -0.2) is 44.1 Å². The number of rotatable bonds is 5. The van der Waals surface area contributed by atoms with Crippen LogP contribution in [0.1, 0.15) is 29.3 Å². The van der Waals surface area contributed by atoms with E-state index in [1.54, 1.807) is 4.90 Å². The zero-order chi connectivity index (χ0) is 17.2. The molecule has 1 aromatic rings. The summed E-state index contributed by atoms with van der Waals surface area (Å²) in [5.74, 6) is -4.02. The largest absolute Gasteiger partial charge is 0.337 e. The molecule has 0 saturated carbocycles. The molecule has 2 atom stereocenters. The van der Waals surface area contributed by atoms with Crippen molar-refractivity contribution in [3.05, 3.63) is 35.4 Å². The molecular formula is C15H21ClF2N2O3S. The van der Waals surface area contributed by atoms with Gasteiger partial charge in [-0.1, -0.05) is 12.1 Å². The van der Waals surface area contributed by atoms with Gasteiger partial charge in [0, 0.05) is 18.2 Å². The van der Waals surface area contributed by atoms with Gasteiger partial charge in [0.25, 0.3) is 5.91 Å². The van der Waals surface area contributed by atoms with Crippen LogP contribution in [0.2, 0.25) is 0 Å². The summed E-state index contributed by atoms with van der Waals surface area (Å²) in [5.41, 5.74) is 6.29. The molecule has 5 nitrogen and oxygen atoms in total. The standard InChI is InChI=1S/C15H20F2N2O3S.ClH/c1-10-6-12(7-18)8-19(10)14(20)13-4-2-11(3-5-13)9-23(21,22)15(16)17;/h2-5,10,12,15H,6-9,18H2,1H3;1H. The molecule has 1 aliphatic rings. The molecule has 2 rings (SSSR count). The lowest BCUT2D eigenvalue weighted by atomic mass is 10.1. The molecule has 0 bridgehead atoms. The quantitative estimate of drug-likeness (QED) is 0.845. The van der Waals surface area contributed by atoms with Crippen LogP contribution < -0.4 is 5.73 Å². The fraction of sp³-hybridized carbons (Fsp3) is 0.533. The summed E-state index contributed by atoms with van der Waals surface area (Å²) in [5, 5.41) is 0. The number of halogens is 3. The van der Waals surface area contributed by atoms with Crippen molar-refractivity contribution < 1.29 is 22.0 Å². The molecule has 0 spiro atoms. The van der Waals surface area contributed by atoms with E-state index in [2.05, 4.69) is 0 Å². The molecule has 24 heavy (non-hydrogen) atoms. The number of carbonyl (C=O) groups is 1. The Balaban J connectivity index is 0.00000288. The summed E-state index contributed by atoms with van der Waals surface area (Å²) in [6.45, 7) is 3.08. The van der Waals surface area contributed by atoms with Crippen molar-refractivity contribution in [1.29, 1.82) is 0 Å². The van der Waals surface area contributed by atoms with Crippen molar-refractivity contribution >= 4 is 28.2 Å². The molecule has 1 aromatic carbocycles. The van der Waals surface area contributed by atoms with Crippen LogP contribution in [0.5, 0.6) is 0 Å². The van der Waals surface area contributed by atoms with Gasteiger partial charge in [-0.3, -0.25) is 4.79 Å². The molecule has 136 valence electrons. The molecule has 1 fully saturated rings. The Morgan fingerprint density at radius 2 is 1.92 bits per heavy atom. The predicted molar refractivity (Wildman–Crippen MR) is 90.0 cm³/mol. The van der Waals surface area contributed by atoms with E-state index in [0.717, 1.165) is 6.42 Å². The van der Waals surface area contributed by atoms with E-state index < -0.39 is 21.3 Å². The first-order valence-electron chi connectivity index (χ1n) is 7.34. The normalized spacial score (nSPS) is 21.0. The Morgan fingerprint density at radius 1 is 1.33 bits per heavy atom. The van der Waals surface area contributed by atoms with E-state index in [-0.39, 0.29) is 35.8 Å². The van der Waals surface area contributed by atoms with Gasteiger partial charge < -0.3 is 10.6 Å². The zero-order valence-electron chi connectivity index (χ0n) is 13.2. The number of sulfone groups is 1. The van der Waals surface area contributed by atoms with E-state index in [1.165, 1.54) is 24.3 Å². The Bertz CT molecular complexity index is 668. The molecule has 1 amide bonds. The minimum Gasteiger partial charge on any atom is -0.336 e. The lowest BCUT2D eigenvalue weighted by molar-refractivity contribution is 0.0743. The Kier molecular flexibility index (Phi) is 7.12. The average molecular weight is 383 g/mol. The van der Waals surface area contributed by atoms with Gasteiger partial charge in [0.2, 0.25) is 9.84 Å². The molecule has 1 heterocycles. The first kappa shape index (κ1) is 20.8. The number of carbonyl (C=O) groups excluding carboxylic acids is 1. The Hall–Kier alpha value is -1.25. The van der Waals surface area contributed by atoms with Crippen molar-refractivity contribution in [2.24, 2.45) is 11.7 Å². The fourth-order valence-corrected chi connectivity index (χ4v) is 3.58. The minimum atomic E-state index is -4.46. The molecule has 9 heteroatoms. The van der Waals surface area contributed by atoms with Gasteiger partial charge in [-0.25, -0.2) is 8.42 Å². The molecule has 0 radical (unpaired) electrons. The van der Waals surface area contributed by atoms with E-state index in [0.29, 0.717) is 18.7 Å². The van der Waals surface area contributed by atoms with Crippen molar-refractivity contribution in [2.45, 2.75) is 30.9 Å². The monoisotopic (exact) mass is 382 g/mol. The van der Waals surface area contributed by atoms with Crippen molar-refractivity contribution in [1.82, 2.24) is 4.90 Å². The summed E-state index contributed by atoms with van der Waals surface area (Å²) in [4.78, 5) is 14.2. The fourth-order valence-electron chi connectivity index (χ4n) is 2.80. The molecule has 0 aliphatic carbocycles. The maximum Gasteiger partial charge on any atom is 0.337 e. The maximum absolute atomic E-state index is 12.5. The van der Waals surface area contributed by atoms with Gasteiger partial charge in [0.1, 0.15) is 0 Å². The average Bonchev–Trinajstić information content (AvgIpc) is 2.88. The number of likely N-dealkylation sites (tertiary alicyclic amines) is 1. The lowest BCUT2D eigenvalue weighted by Crippen LogP contribution is -2.34. The van der Waals surface area contributed by atoms with Gasteiger partial charge in [0.15, 0.2) is 0 Å². The maximum atomic E-state index is 12.5. The van der Waals surface area contributed by atoms with Gasteiger partial charge in [-0.15, -0.1) is 12.4 Å². The Labute approximate surface area is 146 Å². The zero-order valence-corrected chi connectivity index (χ0v) is 14.8. The third-order valence-electron chi connectivity index (χ3n) is 4.10. The van der Waals surface area contributed by atoms with Crippen molar-refractivity contribution in [3.63, 3.8) is 0 Å². The molecular weight excluding hydrogens is 362 g/mol. The number of amides is 1. The summed E-state index contributed by atoms with van der Waals surface area (Å²) in [6, 6.07) is 5.83. The third-order valence-corrected chi connectivity index (χ3v) is 5.37. The SMILES string of the molecule is CC1CC(CN)CN1C(=O)c1ccc(CS(=O)(=O)C(F)F)cc1.Cl. The number of nitrogens with two attached hydrogens (primary N) is 1. The van der Waals surface area contributed by atoms with Gasteiger partial charge >= 0.3 is 5.76 Å². The topological polar surface area (TPSA) is 80.5 Å². The van der Waals surface area contributed by atoms with Crippen LogP contribution >= 0.6 is 12.4 Å². The number of alkyl halides is 2. The van der Waals surface area contributed by atoms with Crippen LogP contribution in [0, 0.1) is 5.92 Å². The molecule has 1 saturated heterocycles. The highest BCUT2D eigenvalue weighted by molar-refractivity contribution is 7.90. The first-order chi connectivity index (χ1) is 10.7. The van der Waals surface area contributed by atoms with Gasteiger partial charge in [0.05, 0.1) is 5.75 Å². The van der Waals surface area contributed by atoms with E-state index in [9.17, 15) is 22.0 Å². The smallest absolute Gasteiger partial charge is 0.336 e. The lowest BCUT2D eigenvalue weighted by Gasteiger charge is -2.21. The number of benzene rings is 1. The summed E-state index contributed by atoms with van der Waals surface area (Å²) in [7, 11) is -4.46.